The lowest BCUT2D eigenvalue weighted by molar-refractivity contribution is -0.141. The number of hydrogen-bond donors (Lipinski definition) is 1. The number of carbonyl (C=O) groups excluding carboxylic acids is 2. The van der Waals surface area contributed by atoms with Crippen molar-refractivity contribution >= 4 is 35.0 Å². The summed E-state index contributed by atoms with van der Waals surface area (Å²) in [7, 11) is 1.60. The van der Waals surface area contributed by atoms with Gasteiger partial charge in [0.15, 0.2) is 0 Å². The van der Waals surface area contributed by atoms with Gasteiger partial charge in [0.05, 0.1) is 13.5 Å². The molecule has 0 aromatic heterocycles. The number of ether oxygens (including phenoxy) is 1. The van der Waals surface area contributed by atoms with Crippen LogP contribution in [0.5, 0.6) is 5.75 Å². The quantitative estimate of drug-likeness (QED) is 0.530. The fraction of sp³-hybridized carbons (Fsp3) is 0.417. The van der Waals surface area contributed by atoms with Gasteiger partial charge in [0.2, 0.25) is 11.8 Å². The van der Waals surface area contributed by atoms with E-state index in [4.69, 9.17) is 27.9 Å². The highest BCUT2D eigenvalue weighted by Gasteiger charge is 2.29. The molecule has 0 radical (unpaired) electrons. The molecule has 0 saturated heterocycles. The van der Waals surface area contributed by atoms with Crippen LogP contribution in [0.15, 0.2) is 42.5 Å². The van der Waals surface area contributed by atoms with Crippen molar-refractivity contribution < 1.29 is 14.3 Å². The van der Waals surface area contributed by atoms with Gasteiger partial charge in [-0.1, -0.05) is 62.2 Å². The summed E-state index contributed by atoms with van der Waals surface area (Å²) in [6.07, 6.45) is 0.505. The van der Waals surface area contributed by atoms with Gasteiger partial charge in [-0.05, 0) is 47.7 Å². The molecule has 1 N–H and O–H groups in total. The molecule has 0 unspecified atom stereocenters. The van der Waals surface area contributed by atoms with E-state index in [0.717, 1.165) is 11.3 Å². The third-order valence-corrected chi connectivity index (χ3v) is 5.68. The maximum absolute atomic E-state index is 13.4. The molecule has 2 aromatic carbocycles. The van der Waals surface area contributed by atoms with Gasteiger partial charge in [-0.15, -0.1) is 0 Å². The Bertz CT molecular complexity index is 865. The molecule has 0 aliphatic rings. The average molecular weight is 465 g/mol. The van der Waals surface area contributed by atoms with Crippen molar-refractivity contribution in [2.45, 2.75) is 46.2 Å². The number of methoxy groups -OCH3 is 1. The number of carbonyl (C=O) groups is 2. The molecular weight excluding hydrogens is 435 g/mol. The second-order valence-corrected chi connectivity index (χ2v) is 8.62. The predicted octanol–water partition coefficient (Wildman–Crippen LogP) is 5.12. The molecule has 1 atom stereocenters. The molecule has 0 saturated carbocycles. The summed E-state index contributed by atoms with van der Waals surface area (Å²) in [4.78, 5) is 27.9. The molecule has 0 heterocycles. The van der Waals surface area contributed by atoms with Crippen molar-refractivity contribution in [1.82, 2.24) is 10.2 Å². The van der Waals surface area contributed by atoms with Crippen molar-refractivity contribution in [3.8, 4) is 5.75 Å². The summed E-state index contributed by atoms with van der Waals surface area (Å²) in [5, 5.41) is 3.82. The summed E-state index contributed by atoms with van der Waals surface area (Å²) in [5.41, 5.74) is 1.46. The lowest BCUT2D eigenvalue weighted by Gasteiger charge is -2.31. The molecule has 0 fully saturated rings. The van der Waals surface area contributed by atoms with E-state index in [0.29, 0.717) is 41.0 Å². The van der Waals surface area contributed by atoms with Gasteiger partial charge in [-0.2, -0.15) is 0 Å². The van der Waals surface area contributed by atoms with Gasteiger partial charge in [-0.25, -0.2) is 0 Å². The SMILES string of the molecule is CC[C@@H](C(=O)NCC(C)C)N(Cc1ccc(OC)cc1)C(=O)Cc1c(Cl)cccc1Cl. The van der Waals surface area contributed by atoms with Crippen molar-refractivity contribution in [3.63, 3.8) is 0 Å². The number of benzene rings is 2. The van der Waals surface area contributed by atoms with Crippen molar-refractivity contribution in [1.29, 1.82) is 0 Å². The van der Waals surface area contributed by atoms with Crippen molar-refractivity contribution in [3.05, 3.63) is 63.6 Å². The van der Waals surface area contributed by atoms with E-state index in [1.807, 2.05) is 45.0 Å². The highest BCUT2D eigenvalue weighted by atomic mass is 35.5. The molecular formula is C24H30Cl2N2O3. The van der Waals surface area contributed by atoms with Crippen LogP contribution in [0.1, 0.15) is 38.3 Å². The summed E-state index contributed by atoms with van der Waals surface area (Å²) in [6.45, 7) is 6.80. The van der Waals surface area contributed by atoms with E-state index in [1.54, 1.807) is 30.2 Å². The zero-order valence-corrected chi connectivity index (χ0v) is 20.0. The predicted molar refractivity (Wildman–Crippen MR) is 126 cm³/mol. The first-order valence-electron chi connectivity index (χ1n) is 10.4. The van der Waals surface area contributed by atoms with E-state index in [2.05, 4.69) is 5.32 Å². The number of amides is 2. The molecule has 168 valence electrons. The van der Waals surface area contributed by atoms with Gasteiger partial charge in [0.25, 0.3) is 0 Å². The fourth-order valence-corrected chi connectivity index (χ4v) is 3.75. The van der Waals surface area contributed by atoms with Crippen molar-refractivity contribution in [2.24, 2.45) is 5.92 Å². The zero-order chi connectivity index (χ0) is 23.0. The van der Waals surface area contributed by atoms with E-state index in [-0.39, 0.29) is 18.2 Å². The molecule has 5 nitrogen and oxygen atoms in total. The van der Waals surface area contributed by atoms with E-state index in [1.165, 1.54) is 0 Å². The Balaban J connectivity index is 2.32. The minimum absolute atomic E-state index is 0.0165. The Hall–Kier alpha value is -2.24. The third-order valence-electron chi connectivity index (χ3n) is 4.97. The molecule has 0 aliphatic carbocycles. The minimum Gasteiger partial charge on any atom is -0.497 e. The van der Waals surface area contributed by atoms with Gasteiger partial charge >= 0.3 is 0 Å². The van der Waals surface area contributed by atoms with Crippen LogP contribution in [0.25, 0.3) is 0 Å². The lowest BCUT2D eigenvalue weighted by atomic mass is 10.1. The van der Waals surface area contributed by atoms with Gasteiger partial charge in [0, 0.05) is 23.1 Å². The molecule has 0 bridgehead atoms. The van der Waals surface area contributed by atoms with Crippen molar-refractivity contribution in [2.75, 3.05) is 13.7 Å². The maximum Gasteiger partial charge on any atom is 0.242 e. The van der Waals surface area contributed by atoms with Gasteiger partial charge in [-0.3, -0.25) is 9.59 Å². The maximum atomic E-state index is 13.4. The summed E-state index contributed by atoms with van der Waals surface area (Å²) < 4.78 is 5.21. The Morgan fingerprint density at radius 3 is 2.19 bits per heavy atom. The summed E-state index contributed by atoms with van der Waals surface area (Å²) in [6, 6.07) is 12.0. The Morgan fingerprint density at radius 1 is 1.06 bits per heavy atom. The van der Waals surface area contributed by atoms with Gasteiger partial charge < -0.3 is 15.0 Å². The van der Waals surface area contributed by atoms with Crippen LogP contribution in [0.4, 0.5) is 0 Å². The third kappa shape index (κ3) is 7.15. The van der Waals surface area contributed by atoms with Crippen LogP contribution in [0, 0.1) is 5.92 Å². The smallest absolute Gasteiger partial charge is 0.242 e. The number of nitrogens with zero attached hydrogens (tertiary/aromatic N) is 1. The highest BCUT2D eigenvalue weighted by Crippen LogP contribution is 2.26. The molecule has 2 rings (SSSR count). The topological polar surface area (TPSA) is 58.6 Å². The number of nitrogens with one attached hydrogen (secondary N) is 1. The zero-order valence-electron chi connectivity index (χ0n) is 18.5. The largest absolute Gasteiger partial charge is 0.497 e. The highest BCUT2D eigenvalue weighted by molar-refractivity contribution is 6.36. The van der Waals surface area contributed by atoms with Crippen LogP contribution in [0.2, 0.25) is 10.0 Å². The Kier molecular flexibility index (Phi) is 9.66. The van der Waals surface area contributed by atoms with E-state index < -0.39 is 6.04 Å². The second kappa shape index (κ2) is 12.0. The van der Waals surface area contributed by atoms with Crippen LogP contribution >= 0.6 is 23.2 Å². The van der Waals surface area contributed by atoms with Crippen LogP contribution in [-0.4, -0.2) is 36.4 Å². The van der Waals surface area contributed by atoms with Crippen LogP contribution in [0.3, 0.4) is 0 Å². The first kappa shape index (κ1) is 25.0. The second-order valence-electron chi connectivity index (χ2n) is 7.81. The summed E-state index contributed by atoms with van der Waals surface area (Å²) >= 11 is 12.6. The molecule has 31 heavy (non-hydrogen) atoms. The Morgan fingerprint density at radius 2 is 1.68 bits per heavy atom. The summed E-state index contributed by atoms with van der Waals surface area (Å²) in [5.74, 6) is 0.668. The first-order chi connectivity index (χ1) is 14.8. The van der Waals surface area contributed by atoms with E-state index >= 15 is 0 Å². The minimum atomic E-state index is -0.602. The average Bonchev–Trinajstić information content (AvgIpc) is 2.75. The number of hydrogen-bond acceptors (Lipinski definition) is 3. The van der Waals surface area contributed by atoms with Crippen LogP contribution < -0.4 is 10.1 Å². The van der Waals surface area contributed by atoms with E-state index in [9.17, 15) is 9.59 Å². The standard InChI is InChI=1S/C24H30Cl2N2O3/c1-5-22(24(30)27-14-16(2)3)28(15-17-9-11-18(31-4)12-10-17)23(29)13-19-20(25)7-6-8-21(19)26/h6-12,16,22H,5,13-15H2,1-4H3,(H,27,30)/t22-/m0/s1. The van der Waals surface area contributed by atoms with Gasteiger partial charge in [0.1, 0.15) is 11.8 Å². The molecule has 0 aliphatic heterocycles. The molecule has 2 aromatic rings. The van der Waals surface area contributed by atoms with Crippen LogP contribution in [-0.2, 0) is 22.6 Å². The number of rotatable bonds is 10. The molecule has 7 heteroatoms. The fourth-order valence-electron chi connectivity index (χ4n) is 3.22. The lowest BCUT2D eigenvalue weighted by Crippen LogP contribution is -2.50. The number of halogens is 2. The first-order valence-corrected chi connectivity index (χ1v) is 11.1. The monoisotopic (exact) mass is 464 g/mol. The molecule has 0 spiro atoms. The normalized spacial score (nSPS) is 11.8. The Labute approximate surface area is 194 Å². The molecule has 2 amide bonds.